The summed E-state index contributed by atoms with van der Waals surface area (Å²) in [5.74, 6) is 0.266. The minimum absolute atomic E-state index is 0.0333. The molecule has 32 heavy (non-hydrogen) atoms. The fourth-order valence-corrected chi connectivity index (χ4v) is 4.11. The number of hydrogen-bond acceptors (Lipinski definition) is 5. The highest BCUT2D eigenvalue weighted by Gasteiger charge is 2.16. The van der Waals surface area contributed by atoms with Gasteiger partial charge >= 0.3 is 0 Å². The van der Waals surface area contributed by atoms with Crippen LogP contribution in [0.5, 0.6) is 0 Å². The minimum Gasteiger partial charge on any atom is -0.348 e. The van der Waals surface area contributed by atoms with Crippen LogP contribution in [0.2, 0.25) is 0 Å². The van der Waals surface area contributed by atoms with E-state index in [-0.39, 0.29) is 29.5 Å². The van der Waals surface area contributed by atoms with E-state index >= 15 is 0 Å². The molecule has 2 N–H and O–H groups in total. The maximum absolute atomic E-state index is 12.7. The summed E-state index contributed by atoms with van der Waals surface area (Å²) in [6.45, 7) is 0.430. The van der Waals surface area contributed by atoms with Gasteiger partial charge in [-0.2, -0.15) is 5.10 Å². The van der Waals surface area contributed by atoms with Crippen molar-refractivity contribution in [1.29, 1.82) is 0 Å². The number of carbonyl (C=O) groups excluding carboxylic acids is 1. The SMILES string of the molecule is O=C(NCc1ccnc(-n2cccn2)c1)c1cccc(S(=O)(=O)NCc2ccccc2)c1. The molecule has 0 fully saturated rings. The number of nitrogens with zero attached hydrogens (tertiary/aromatic N) is 3. The highest BCUT2D eigenvalue weighted by molar-refractivity contribution is 7.89. The van der Waals surface area contributed by atoms with E-state index in [0.29, 0.717) is 5.82 Å². The fraction of sp³-hybridized carbons (Fsp3) is 0.0870. The Labute approximate surface area is 186 Å². The lowest BCUT2D eigenvalue weighted by molar-refractivity contribution is 0.0950. The minimum atomic E-state index is -3.76. The third kappa shape index (κ3) is 5.26. The first kappa shape index (κ1) is 21.4. The Bertz CT molecular complexity index is 1310. The van der Waals surface area contributed by atoms with Crippen LogP contribution in [0, 0.1) is 0 Å². The molecule has 0 spiro atoms. The van der Waals surface area contributed by atoms with Gasteiger partial charge in [0.25, 0.3) is 5.91 Å². The third-order valence-corrected chi connectivity index (χ3v) is 6.12. The highest BCUT2D eigenvalue weighted by atomic mass is 32.2. The summed E-state index contributed by atoms with van der Waals surface area (Å²) in [5, 5.41) is 6.95. The number of pyridine rings is 1. The Morgan fingerprint density at radius 2 is 1.72 bits per heavy atom. The van der Waals surface area contributed by atoms with Crippen molar-refractivity contribution >= 4 is 15.9 Å². The van der Waals surface area contributed by atoms with Gasteiger partial charge in [-0.1, -0.05) is 36.4 Å². The van der Waals surface area contributed by atoms with Crippen molar-refractivity contribution < 1.29 is 13.2 Å². The van der Waals surface area contributed by atoms with E-state index in [9.17, 15) is 13.2 Å². The molecule has 9 heteroatoms. The van der Waals surface area contributed by atoms with E-state index in [1.807, 2.05) is 36.4 Å². The van der Waals surface area contributed by atoms with Gasteiger partial charge in [-0.25, -0.2) is 22.8 Å². The molecule has 0 radical (unpaired) electrons. The molecule has 2 heterocycles. The summed E-state index contributed by atoms with van der Waals surface area (Å²) in [4.78, 5) is 16.9. The second kappa shape index (κ2) is 9.54. The van der Waals surface area contributed by atoms with Gasteiger partial charge in [-0.3, -0.25) is 4.79 Å². The number of aromatic nitrogens is 3. The van der Waals surface area contributed by atoms with Crippen LogP contribution in [0.1, 0.15) is 21.5 Å². The van der Waals surface area contributed by atoms with Gasteiger partial charge in [0.1, 0.15) is 0 Å². The molecule has 162 valence electrons. The van der Waals surface area contributed by atoms with Gasteiger partial charge in [0.05, 0.1) is 4.90 Å². The van der Waals surface area contributed by atoms with E-state index in [4.69, 9.17) is 0 Å². The fourth-order valence-electron chi connectivity index (χ4n) is 3.05. The second-order valence-corrected chi connectivity index (χ2v) is 8.76. The zero-order valence-electron chi connectivity index (χ0n) is 17.0. The van der Waals surface area contributed by atoms with Crippen molar-refractivity contribution in [3.8, 4) is 5.82 Å². The lowest BCUT2D eigenvalue weighted by atomic mass is 10.2. The van der Waals surface area contributed by atoms with Crippen molar-refractivity contribution in [3.05, 3.63) is 108 Å². The van der Waals surface area contributed by atoms with Crippen molar-refractivity contribution in [2.75, 3.05) is 0 Å². The number of nitrogens with one attached hydrogen (secondary N) is 2. The lowest BCUT2D eigenvalue weighted by Gasteiger charge is -2.10. The molecule has 0 unspecified atom stereocenters. The molecule has 2 aromatic carbocycles. The van der Waals surface area contributed by atoms with Gasteiger partial charge in [0.15, 0.2) is 5.82 Å². The predicted molar refractivity (Wildman–Crippen MR) is 119 cm³/mol. The normalized spacial score (nSPS) is 11.2. The average molecular weight is 448 g/mol. The molecule has 0 atom stereocenters. The first-order valence-electron chi connectivity index (χ1n) is 9.88. The Morgan fingerprint density at radius 3 is 2.50 bits per heavy atom. The third-order valence-electron chi connectivity index (χ3n) is 4.72. The quantitative estimate of drug-likeness (QED) is 0.432. The van der Waals surface area contributed by atoms with Crippen LogP contribution < -0.4 is 10.0 Å². The predicted octanol–water partition coefficient (Wildman–Crippen LogP) is 2.68. The van der Waals surface area contributed by atoms with E-state index in [1.54, 1.807) is 47.5 Å². The Morgan fingerprint density at radius 1 is 0.875 bits per heavy atom. The molecule has 4 aromatic rings. The molecule has 0 bridgehead atoms. The van der Waals surface area contributed by atoms with Crippen LogP contribution >= 0.6 is 0 Å². The summed E-state index contributed by atoms with van der Waals surface area (Å²) in [6, 6.07) is 20.6. The van der Waals surface area contributed by atoms with Crippen LogP contribution in [0.4, 0.5) is 0 Å². The molecule has 2 aromatic heterocycles. The summed E-state index contributed by atoms with van der Waals surface area (Å²) in [7, 11) is -3.76. The van der Waals surface area contributed by atoms with Crippen molar-refractivity contribution in [2.45, 2.75) is 18.0 Å². The average Bonchev–Trinajstić information content (AvgIpc) is 3.37. The first-order valence-corrected chi connectivity index (χ1v) is 11.4. The van der Waals surface area contributed by atoms with Crippen LogP contribution in [0.25, 0.3) is 5.82 Å². The van der Waals surface area contributed by atoms with Crippen molar-refractivity contribution in [2.24, 2.45) is 0 Å². The van der Waals surface area contributed by atoms with Crippen LogP contribution in [-0.4, -0.2) is 29.1 Å². The summed E-state index contributed by atoms with van der Waals surface area (Å²) < 4.78 is 29.5. The molecular formula is C23H21N5O3S. The number of carbonyl (C=O) groups is 1. The molecule has 0 saturated carbocycles. The maximum atomic E-state index is 12.7. The van der Waals surface area contributed by atoms with Crippen molar-refractivity contribution in [1.82, 2.24) is 24.8 Å². The van der Waals surface area contributed by atoms with Gasteiger partial charge < -0.3 is 5.32 Å². The van der Waals surface area contributed by atoms with Gasteiger partial charge in [-0.15, -0.1) is 0 Å². The number of benzene rings is 2. The largest absolute Gasteiger partial charge is 0.348 e. The van der Waals surface area contributed by atoms with E-state index in [0.717, 1.165) is 11.1 Å². The molecule has 0 aliphatic rings. The molecule has 0 aliphatic heterocycles. The van der Waals surface area contributed by atoms with Gasteiger partial charge in [-0.05, 0) is 47.5 Å². The molecule has 8 nitrogen and oxygen atoms in total. The van der Waals surface area contributed by atoms with Crippen LogP contribution in [-0.2, 0) is 23.1 Å². The number of rotatable bonds is 8. The topological polar surface area (TPSA) is 106 Å². The number of sulfonamides is 1. The summed E-state index contributed by atoms with van der Waals surface area (Å²) in [6.07, 6.45) is 5.08. The maximum Gasteiger partial charge on any atom is 0.251 e. The molecular weight excluding hydrogens is 426 g/mol. The highest BCUT2D eigenvalue weighted by Crippen LogP contribution is 2.13. The van der Waals surface area contributed by atoms with Gasteiger partial charge in [0, 0.05) is 37.2 Å². The summed E-state index contributed by atoms with van der Waals surface area (Å²) in [5.41, 5.74) is 1.94. The Hall–Kier alpha value is -3.82. The molecule has 4 rings (SSSR count). The Kier molecular flexibility index (Phi) is 6.39. The first-order chi connectivity index (χ1) is 15.5. The molecule has 0 saturated heterocycles. The van der Waals surface area contributed by atoms with E-state index in [2.05, 4.69) is 20.1 Å². The summed E-state index contributed by atoms with van der Waals surface area (Å²) >= 11 is 0. The Balaban J connectivity index is 1.41. The lowest BCUT2D eigenvalue weighted by Crippen LogP contribution is -2.25. The zero-order chi connectivity index (χ0) is 22.4. The monoisotopic (exact) mass is 447 g/mol. The van der Waals surface area contributed by atoms with Crippen LogP contribution in [0.3, 0.4) is 0 Å². The zero-order valence-corrected chi connectivity index (χ0v) is 17.9. The van der Waals surface area contributed by atoms with Crippen LogP contribution in [0.15, 0.2) is 96.3 Å². The molecule has 1 amide bonds. The van der Waals surface area contributed by atoms with Crippen molar-refractivity contribution in [3.63, 3.8) is 0 Å². The number of hydrogen-bond donors (Lipinski definition) is 2. The van der Waals surface area contributed by atoms with E-state index < -0.39 is 10.0 Å². The smallest absolute Gasteiger partial charge is 0.251 e. The second-order valence-electron chi connectivity index (χ2n) is 6.99. The number of amides is 1. The van der Waals surface area contributed by atoms with E-state index in [1.165, 1.54) is 12.1 Å². The standard InChI is InChI=1S/C23H21N5O3S/c29-23(25-16-19-10-12-24-22(14-19)28-13-5-11-26-28)20-8-4-9-21(15-20)32(30,31)27-17-18-6-2-1-3-7-18/h1-15,27H,16-17H2,(H,25,29). The van der Waals surface area contributed by atoms with Gasteiger partial charge in [0.2, 0.25) is 10.0 Å². The molecule has 0 aliphatic carbocycles.